The Bertz CT molecular complexity index is 4550. The molecule has 7 aliphatic heterocycles. The molecule has 0 spiro atoms. The minimum Gasteiger partial charge on any atom is -0.507 e. The second-order valence-electron chi connectivity index (χ2n) is 35.6. The van der Waals surface area contributed by atoms with Crippen LogP contribution in [0.3, 0.4) is 0 Å². The fraction of sp³-hybridized carbons (Fsp3) is 0.744. The van der Waals surface area contributed by atoms with Crippen molar-refractivity contribution in [1.82, 2.24) is 0 Å². The molecule has 0 aromatic heterocycles. The first-order valence-electron chi connectivity index (χ1n) is 42.7. The zero-order chi connectivity index (χ0) is 89.2. The number of aromatic hydroxyl groups is 4. The number of ether oxygens (including phenoxy) is 17. The van der Waals surface area contributed by atoms with Crippen LogP contribution in [0.15, 0.2) is 11.8 Å². The van der Waals surface area contributed by atoms with E-state index in [1.807, 2.05) is 0 Å². The van der Waals surface area contributed by atoms with Gasteiger partial charge in [-0.15, -0.1) is 0 Å². The molecule has 37 nitrogen and oxygen atoms in total. The molecule has 123 heavy (non-hydrogen) atoms. The van der Waals surface area contributed by atoms with Gasteiger partial charge in [0.1, 0.15) is 100.0 Å². The van der Waals surface area contributed by atoms with Gasteiger partial charge in [-0.3, -0.25) is 19.2 Å². The highest BCUT2D eigenvalue weighted by molar-refractivity contribution is 6.16. The number of phenolic OH excluding ortho intramolecular Hbond substituents is 4. The standard InChI is InChI=1S/C86H118O37/c1-15-23-83(104)79(121-46-19-17-44(31(3)111-46)117-48-21-25-81(102,35(7)87)37(9)115-48)68(98)71(119-50-29-42(89)61(91)33(5)113-50)41-28-39-27-40-53(63(93)52(39)77(100)85(41,83)105)64(94)56(73(108-12)70(40)107-11)57-65(95)54-55(74(109-13)75(57)110-14)67(97)58-59(66(54)96)78(101)86(106)60-72(58)123-84(86,24-16-2)80(69(99)76(60)120-51-30-43(90)62(92)34(6)114-51)122-47-20-18-45(32(4)112-47)118-49-22-26-82(103,36(8)88)38(10)116-49/h27,31-34,37-38,41-51,60-62,65,68-69,71-72,74,76,79-80,89-99,102-106H,15-26,28-30H2,1-14H3/t31-,32-,33+,34+,37+,38+,41-,42-,43-,44+,45+,46+,47+,48+,49+,50+,51+,60-,61+,62+,65+,68+,69-,71-,72+,74-,76+,79-,80+,81-,82-,83-,84+,85+,86-/m1/s1. The van der Waals surface area contributed by atoms with Gasteiger partial charge in [-0.1, -0.05) is 26.7 Å². The summed E-state index contributed by atoms with van der Waals surface area (Å²) in [6.07, 6.45) is -38.1. The van der Waals surface area contributed by atoms with Gasteiger partial charge in [-0.05, 0) is 112 Å². The number of phenols is 4. The van der Waals surface area contributed by atoms with E-state index in [2.05, 4.69) is 0 Å². The number of rotatable bonds is 23. The normalized spacial score (nSPS) is 44.1. The largest absolute Gasteiger partial charge is 0.507 e. The lowest BCUT2D eigenvalue weighted by molar-refractivity contribution is -0.358. The third-order valence-corrected chi connectivity index (χ3v) is 28.8. The summed E-state index contributed by atoms with van der Waals surface area (Å²) in [5.74, 6) is -12.4. The Morgan fingerprint density at radius 2 is 0.984 bits per heavy atom. The topological polar surface area (TPSA) is 549 Å². The second-order valence-corrected chi connectivity index (χ2v) is 35.6. The predicted molar refractivity (Wildman–Crippen MR) is 418 cm³/mol. The van der Waals surface area contributed by atoms with Gasteiger partial charge in [0.25, 0.3) is 0 Å². The molecule has 3 aromatic rings. The summed E-state index contributed by atoms with van der Waals surface area (Å²) in [6.45, 7) is 15.3. The van der Waals surface area contributed by atoms with Crippen LogP contribution in [0.1, 0.15) is 226 Å². The summed E-state index contributed by atoms with van der Waals surface area (Å²) in [7, 11) is 4.60. The van der Waals surface area contributed by atoms with Crippen LogP contribution in [-0.2, 0) is 87.1 Å². The summed E-state index contributed by atoms with van der Waals surface area (Å²) in [4.78, 5) is 57.8. The number of carbonyl (C=O) groups excluding carboxylic acids is 4. The average Bonchev–Trinajstić information content (AvgIpc) is 1.49. The first-order chi connectivity index (χ1) is 58.1. The van der Waals surface area contributed by atoms with Gasteiger partial charge in [0, 0.05) is 79.2 Å². The van der Waals surface area contributed by atoms with Gasteiger partial charge in [0.2, 0.25) is 11.6 Å². The first-order valence-corrected chi connectivity index (χ1v) is 42.7. The first kappa shape index (κ1) is 91.6. The van der Waals surface area contributed by atoms with Crippen LogP contribution in [0, 0.1) is 11.8 Å². The Kier molecular flexibility index (Phi) is 25.2. The molecule has 0 unspecified atom stereocenters. The molecule has 37 heteroatoms. The fourth-order valence-electron chi connectivity index (χ4n) is 22.2. The Labute approximate surface area is 708 Å². The maximum absolute atomic E-state index is 16.5. The van der Waals surface area contributed by atoms with Gasteiger partial charge in [0.05, 0.1) is 129 Å². The summed E-state index contributed by atoms with van der Waals surface area (Å²) < 4.78 is 108. The van der Waals surface area contributed by atoms with E-state index in [0.29, 0.717) is 0 Å². The molecule has 16 N–H and O–H groups in total. The summed E-state index contributed by atoms with van der Waals surface area (Å²) in [5.41, 5.74) is -19.2. The van der Waals surface area contributed by atoms with Gasteiger partial charge >= 0.3 is 0 Å². The van der Waals surface area contributed by atoms with Crippen LogP contribution < -0.4 is 9.47 Å². The third kappa shape index (κ3) is 14.1. The van der Waals surface area contributed by atoms with Gasteiger partial charge in [-0.2, -0.15) is 0 Å². The van der Waals surface area contributed by atoms with Crippen molar-refractivity contribution in [3.05, 3.63) is 50.8 Å². The van der Waals surface area contributed by atoms with Crippen molar-refractivity contribution in [2.24, 2.45) is 11.8 Å². The van der Waals surface area contributed by atoms with Crippen molar-refractivity contribution in [1.29, 1.82) is 0 Å². The molecule has 0 radical (unpaired) electrons. The van der Waals surface area contributed by atoms with Crippen LogP contribution in [0.4, 0.5) is 0 Å². The summed E-state index contributed by atoms with van der Waals surface area (Å²) in [5, 5.41) is 200. The van der Waals surface area contributed by atoms with E-state index in [9.17, 15) is 91.3 Å². The minimum absolute atomic E-state index is 0.000375. The Hall–Kier alpha value is -6.10. The van der Waals surface area contributed by atoms with Crippen molar-refractivity contribution in [3.8, 4) is 34.5 Å². The molecule has 3 aromatic carbocycles. The van der Waals surface area contributed by atoms with Crippen molar-refractivity contribution in [2.75, 3.05) is 28.4 Å². The lowest BCUT2D eigenvalue weighted by atomic mass is 9.53. The predicted octanol–water partition coefficient (Wildman–Crippen LogP) is 2.76. The molecule has 9 fully saturated rings. The smallest absolute Gasteiger partial charge is 0.202 e. The van der Waals surface area contributed by atoms with E-state index in [1.54, 1.807) is 41.5 Å². The maximum atomic E-state index is 16.5. The number of aliphatic hydroxyl groups excluding tert-OH is 7. The van der Waals surface area contributed by atoms with Crippen LogP contribution in [-0.4, -0.2) is 314 Å². The van der Waals surface area contributed by atoms with E-state index in [4.69, 9.17) is 80.5 Å². The molecular formula is C86H118O37. The third-order valence-electron chi connectivity index (χ3n) is 28.8. The van der Waals surface area contributed by atoms with Crippen molar-refractivity contribution < 1.29 is 181 Å². The van der Waals surface area contributed by atoms with Crippen molar-refractivity contribution >= 4 is 39.5 Å². The van der Waals surface area contributed by atoms with E-state index in [-0.39, 0.29) is 93.7 Å². The van der Waals surface area contributed by atoms with E-state index in [0.717, 1.165) is 21.3 Å². The number of hydrogen-bond donors (Lipinski definition) is 16. The number of aliphatic hydroxyl groups is 12. The lowest BCUT2D eigenvalue weighted by Gasteiger charge is -2.60. The molecule has 7 heterocycles. The minimum atomic E-state index is -3.17. The van der Waals surface area contributed by atoms with Crippen LogP contribution in [0.5, 0.6) is 34.5 Å². The number of Topliss-reactive ketones (excluding diaryl/α,β-unsaturated/α-hetero) is 4. The molecule has 5 aliphatic carbocycles. The van der Waals surface area contributed by atoms with Crippen molar-refractivity contribution in [3.63, 3.8) is 0 Å². The van der Waals surface area contributed by atoms with E-state index in [1.165, 1.54) is 40.9 Å². The molecule has 684 valence electrons. The average molecular weight is 1740 g/mol. The van der Waals surface area contributed by atoms with Gasteiger partial charge < -0.3 is 162 Å². The molecule has 15 rings (SSSR count). The second kappa shape index (κ2) is 33.8. The quantitative estimate of drug-likeness (QED) is 0.0607. The molecular weight excluding hydrogens is 1620 g/mol. The maximum Gasteiger partial charge on any atom is 0.202 e. The Morgan fingerprint density at radius 3 is 1.46 bits per heavy atom. The highest BCUT2D eigenvalue weighted by Gasteiger charge is 2.82. The molecule has 12 aliphatic rings. The van der Waals surface area contributed by atoms with Gasteiger partial charge in [-0.25, -0.2) is 0 Å². The van der Waals surface area contributed by atoms with E-state index >= 15 is 9.59 Å². The Balaban J connectivity index is 0.805. The van der Waals surface area contributed by atoms with Crippen LogP contribution in [0.2, 0.25) is 0 Å². The molecule has 0 amide bonds. The highest BCUT2D eigenvalue weighted by Crippen LogP contribution is 2.70. The Morgan fingerprint density at radius 1 is 0.496 bits per heavy atom. The number of fused-ring (bicyclic) bond motifs is 6. The lowest BCUT2D eigenvalue weighted by Crippen LogP contribution is -2.80. The number of carbonyl (C=O) groups is 4. The number of benzene rings is 3. The summed E-state index contributed by atoms with van der Waals surface area (Å²) >= 11 is 0. The van der Waals surface area contributed by atoms with E-state index < -0.39 is 333 Å². The summed E-state index contributed by atoms with van der Waals surface area (Å²) in [6, 6.07) is 1.32. The zero-order valence-electron chi connectivity index (χ0n) is 71.2. The number of methoxy groups -OCH3 is 4. The number of ketones is 4. The zero-order valence-corrected chi connectivity index (χ0v) is 71.2. The molecule has 35 atom stereocenters. The number of hydrogen-bond acceptors (Lipinski definition) is 37. The monoisotopic (exact) mass is 1740 g/mol. The van der Waals surface area contributed by atoms with Crippen molar-refractivity contribution in [2.45, 2.75) is 365 Å². The van der Waals surface area contributed by atoms with Crippen LogP contribution in [0.25, 0.3) is 16.3 Å². The highest BCUT2D eigenvalue weighted by atomic mass is 16.8. The van der Waals surface area contributed by atoms with Gasteiger partial charge in [0.15, 0.2) is 72.0 Å². The molecule has 2 saturated carbocycles. The SMILES string of the molecule is CCC[C@@]1(O)[C@H](O[C@H]2CC[C@H](O[C@H]3CC[C@@](O)(C(C)=O)[C@H](C)O3)[C@@H](C)O2)[C@@H](O)[C@H](O[C@H]2C[C@@H](O)[C@@H](O)[C@H](C)O2)[C@H]2Cc3cc4c(OC)c(OC)c(C5=C(OC)[C@H](OC)c6c(O)c7c(c(O)c6[C@@H]5O)C(=O)[C@]5(O)[C@H]6[C@H](O[C@H]8C[C@@H](O)[C@@H](O)[C@H](C)O8)[C@@H](O)[C@H](O[C@H]8CC[C@H](O[C@H]9CC[C@@](O)(C(C)=O)[C@H](C)O9)[C@@H](C)O8)[C@]5(CCC)O[C@@H]76)c(O)c4c(O)c3C(=O)[C@@]21O. The van der Waals surface area contributed by atoms with Crippen LogP contribution >= 0.6 is 0 Å². The molecule has 4 bridgehead atoms. The fourth-order valence-corrected chi connectivity index (χ4v) is 22.2. The molecule has 7 saturated heterocycles.